The molecule has 0 saturated carbocycles. The molecule has 0 bridgehead atoms. The molecule has 1 aliphatic rings. The van der Waals surface area contributed by atoms with E-state index < -0.39 is 0 Å². The van der Waals surface area contributed by atoms with Gasteiger partial charge in [0.1, 0.15) is 12.1 Å². The Bertz CT molecular complexity index is 855. The minimum absolute atomic E-state index is 0.0183. The van der Waals surface area contributed by atoms with Gasteiger partial charge in [0, 0.05) is 32.3 Å². The molecule has 1 saturated heterocycles. The Balaban J connectivity index is 1.46. The molecule has 7 nitrogen and oxygen atoms in total. The van der Waals surface area contributed by atoms with Crippen molar-refractivity contribution in [1.82, 2.24) is 20.2 Å². The van der Waals surface area contributed by atoms with Gasteiger partial charge >= 0.3 is 0 Å². The van der Waals surface area contributed by atoms with Gasteiger partial charge in [0.2, 0.25) is 5.91 Å². The molecule has 0 aliphatic carbocycles. The van der Waals surface area contributed by atoms with E-state index in [1.165, 1.54) is 6.33 Å². The van der Waals surface area contributed by atoms with Gasteiger partial charge in [-0.1, -0.05) is 12.1 Å². The molecule has 154 valence electrons. The molecule has 1 aromatic heterocycles. The van der Waals surface area contributed by atoms with Crippen LogP contribution in [-0.4, -0.2) is 46.9 Å². The Morgan fingerprint density at radius 3 is 3.00 bits per heavy atom. The van der Waals surface area contributed by atoms with Crippen molar-refractivity contribution in [2.45, 2.75) is 39.2 Å². The van der Waals surface area contributed by atoms with E-state index >= 15 is 0 Å². The van der Waals surface area contributed by atoms with Crippen molar-refractivity contribution >= 4 is 11.8 Å². The summed E-state index contributed by atoms with van der Waals surface area (Å²) in [5.74, 6) is 1.13. The number of aromatic nitrogens is 2. The van der Waals surface area contributed by atoms with Gasteiger partial charge in [-0.2, -0.15) is 0 Å². The maximum atomic E-state index is 12.8. The SMILES string of the molecule is COc1cccc(CNC(=O)CCC2CCCN(C(=O)c3cncnc3C)C2)c1. The Hall–Kier alpha value is -2.96. The first-order chi connectivity index (χ1) is 14.1. The zero-order valence-electron chi connectivity index (χ0n) is 17.1. The maximum absolute atomic E-state index is 12.8. The Morgan fingerprint density at radius 1 is 1.34 bits per heavy atom. The van der Waals surface area contributed by atoms with Gasteiger partial charge in [-0.15, -0.1) is 0 Å². The number of hydrogen-bond acceptors (Lipinski definition) is 5. The van der Waals surface area contributed by atoms with Crippen LogP contribution in [0.4, 0.5) is 0 Å². The molecule has 1 aromatic carbocycles. The standard InChI is InChI=1S/C22H28N4O3/c1-16-20(13-23-15-25-16)22(28)26-10-4-6-17(14-26)8-9-21(27)24-12-18-5-3-7-19(11-18)29-2/h3,5,7,11,13,15,17H,4,6,8-10,12,14H2,1-2H3,(H,24,27). The fraction of sp³-hybridized carbons (Fsp3) is 0.455. The molecule has 1 N–H and O–H groups in total. The van der Waals surface area contributed by atoms with Crippen LogP contribution in [0, 0.1) is 12.8 Å². The van der Waals surface area contributed by atoms with E-state index in [0.717, 1.165) is 37.1 Å². The highest BCUT2D eigenvalue weighted by Crippen LogP contribution is 2.23. The Morgan fingerprint density at radius 2 is 2.21 bits per heavy atom. The molecule has 1 atom stereocenters. The molecular weight excluding hydrogens is 368 g/mol. The van der Waals surface area contributed by atoms with E-state index in [2.05, 4.69) is 15.3 Å². The summed E-state index contributed by atoms with van der Waals surface area (Å²) in [5, 5.41) is 2.97. The van der Waals surface area contributed by atoms with Crippen LogP contribution in [-0.2, 0) is 11.3 Å². The summed E-state index contributed by atoms with van der Waals surface area (Å²) in [5.41, 5.74) is 2.26. The van der Waals surface area contributed by atoms with Crippen molar-refractivity contribution in [1.29, 1.82) is 0 Å². The van der Waals surface area contributed by atoms with Crippen LogP contribution in [0.5, 0.6) is 5.75 Å². The van der Waals surface area contributed by atoms with E-state index in [9.17, 15) is 9.59 Å². The lowest BCUT2D eigenvalue weighted by molar-refractivity contribution is -0.121. The summed E-state index contributed by atoms with van der Waals surface area (Å²) in [6.07, 6.45) is 6.27. The fourth-order valence-corrected chi connectivity index (χ4v) is 3.66. The topological polar surface area (TPSA) is 84.4 Å². The number of nitrogens with one attached hydrogen (secondary N) is 1. The lowest BCUT2D eigenvalue weighted by Crippen LogP contribution is -2.40. The molecule has 1 aliphatic heterocycles. The largest absolute Gasteiger partial charge is 0.497 e. The zero-order valence-corrected chi connectivity index (χ0v) is 17.1. The lowest BCUT2D eigenvalue weighted by Gasteiger charge is -2.33. The molecule has 7 heteroatoms. The van der Waals surface area contributed by atoms with E-state index in [0.29, 0.717) is 36.7 Å². The van der Waals surface area contributed by atoms with Crippen LogP contribution in [0.3, 0.4) is 0 Å². The molecule has 2 amide bonds. The molecule has 0 spiro atoms. The number of nitrogens with zero attached hydrogens (tertiary/aromatic N) is 3. The average Bonchev–Trinajstić information content (AvgIpc) is 2.76. The van der Waals surface area contributed by atoms with Gasteiger partial charge in [-0.25, -0.2) is 9.97 Å². The number of carbonyl (C=O) groups is 2. The lowest BCUT2D eigenvalue weighted by atomic mass is 9.92. The van der Waals surface area contributed by atoms with Crippen LogP contribution < -0.4 is 10.1 Å². The van der Waals surface area contributed by atoms with Crippen molar-refractivity contribution in [3.05, 3.63) is 53.6 Å². The first kappa shape index (κ1) is 20.8. The first-order valence-corrected chi connectivity index (χ1v) is 10.0. The highest BCUT2D eigenvalue weighted by atomic mass is 16.5. The molecule has 1 fully saturated rings. The molecule has 3 rings (SSSR count). The third-order valence-corrected chi connectivity index (χ3v) is 5.35. The summed E-state index contributed by atoms with van der Waals surface area (Å²) >= 11 is 0. The van der Waals surface area contributed by atoms with Gasteiger partial charge in [0.05, 0.1) is 18.4 Å². The number of aryl methyl sites for hydroxylation is 1. The van der Waals surface area contributed by atoms with Gasteiger partial charge < -0.3 is 15.0 Å². The third-order valence-electron chi connectivity index (χ3n) is 5.35. The number of piperidine rings is 1. The van der Waals surface area contributed by atoms with Crippen molar-refractivity contribution in [3.8, 4) is 5.75 Å². The summed E-state index contributed by atoms with van der Waals surface area (Å²) in [4.78, 5) is 35.0. The first-order valence-electron chi connectivity index (χ1n) is 10.0. The number of methoxy groups -OCH3 is 1. The smallest absolute Gasteiger partial charge is 0.257 e. The van der Waals surface area contributed by atoms with Gasteiger partial charge in [0.15, 0.2) is 0 Å². The number of rotatable bonds is 7. The predicted molar refractivity (Wildman–Crippen MR) is 109 cm³/mol. The highest BCUT2D eigenvalue weighted by molar-refractivity contribution is 5.94. The Labute approximate surface area is 171 Å². The van der Waals surface area contributed by atoms with Crippen LogP contribution in [0.25, 0.3) is 0 Å². The monoisotopic (exact) mass is 396 g/mol. The van der Waals surface area contributed by atoms with E-state index in [1.54, 1.807) is 13.3 Å². The van der Waals surface area contributed by atoms with Gasteiger partial charge in [-0.3, -0.25) is 9.59 Å². The number of carbonyl (C=O) groups excluding carboxylic acids is 2. The molecule has 29 heavy (non-hydrogen) atoms. The molecule has 1 unspecified atom stereocenters. The number of likely N-dealkylation sites (tertiary alicyclic amines) is 1. The Kier molecular flexibility index (Phi) is 7.16. The van der Waals surface area contributed by atoms with E-state index in [-0.39, 0.29) is 11.8 Å². The fourth-order valence-electron chi connectivity index (χ4n) is 3.66. The van der Waals surface area contributed by atoms with Crippen molar-refractivity contribution < 1.29 is 14.3 Å². The predicted octanol–water partition coefficient (Wildman–Crippen LogP) is 2.74. The summed E-state index contributed by atoms with van der Waals surface area (Å²) in [6.45, 7) is 3.73. The van der Waals surface area contributed by atoms with Crippen molar-refractivity contribution in [2.75, 3.05) is 20.2 Å². The maximum Gasteiger partial charge on any atom is 0.257 e. The van der Waals surface area contributed by atoms with E-state index in [1.807, 2.05) is 36.1 Å². The summed E-state index contributed by atoms with van der Waals surface area (Å²) in [7, 11) is 1.63. The number of hydrogen-bond donors (Lipinski definition) is 1. The van der Waals surface area contributed by atoms with Crippen molar-refractivity contribution in [3.63, 3.8) is 0 Å². The number of ether oxygens (including phenoxy) is 1. The van der Waals surface area contributed by atoms with Gasteiger partial charge in [0.25, 0.3) is 5.91 Å². The minimum Gasteiger partial charge on any atom is -0.497 e. The minimum atomic E-state index is -0.0183. The molecular formula is C22H28N4O3. The van der Waals surface area contributed by atoms with E-state index in [4.69, 9.17) is 4.74 Å². The second-order valence-electron chi connectivity index (χ2n) is 7.45. The van der Waals surface area contributed by atoms with Crippen LogP contribution in [0.1, 0.15) is 47.3 Å². The van der Waals surface area contributed by atoms with Crippen LogP contribution >= 0.6 is 0 Å². The second kappa shape index (κ2) is 10.0. The summed E-state index contributed by atoms with van der Waals surface area (Å²) in [6, 6.07) is 7.67. The average molecular weight is 396 g/mol. The third kappa shape index (κ3) is 5.76. The quantitative estimate of drug-likeness (QED) is 0.778. The normalized spacial score (nSPS) is 16.3. The molecule has 2 heterocycles. The highest BCUT2D eigenvalue weighted by Gasteiger charge is 2.26. The number of amides is 2. The molecule has 2 aromatic rings. The van der Waals surface area contributed by atoms with Crippen LogP contribution in [0.2, 0.25) is 0 Å². The number of benzene rings is 1. The zero-order chi connectivity index (χ0) is 20.6. The van der Waals surface area contributed by atoms with Gasteiger partial charge in [-0.05, 0) is 49.8 Å². The van der Waals surface area contributed by atoms with Crippen LogP contribution in [0.15, 0.2) is 36.8 Å². The van der Waals surface area contributed by atoms with Crippen molar-refractivity contribution in [2.24, 2.45) is 5.92 Å². The summed E-state index contributed by atoms with van der Waals surface area (Å²) < 4.78 is 5.20. The second-order valence-corrected chi connectivity index (χ2v) is 7.45. The molecule has 0 radical (unpaired) electrons.